The largest absolute Gasteiger partial charge is 0.548 e. The molecule has 6 heteroatoms. The standard InChI is InChI=1S/C5H5NO3S2/c7-3(8)1-6-2-4(9)11-5(6)10/h1-2H2,(H,7,8)/p-1. The number of carboxylic acids is 1. The van der Waals surface area contributed by atoms with Gasteiger partial charge in [-0.15, -0.1) is 0 Å². The number of thiocarbonyl (C=S) groups is 1. The van der Waals surface area contributed by atoms with Crippen LogP contribution in [0.25, 0.3) is 0 Å². The van der Waals surface area contributed by atoms with Gasteiger partial charge < -0.3 is 14.8 Å². The van der Waals surface area contributed by atoms with Crippen LogP contribution in [0.5, 0.6) is 0 Å². The Morgan fingerprint density at radius 1 is 1.82 bits per heavy atom. The maximum atomic E-state index is 10.7. The van der Waals surface area contributed by atoms with Crippen LogP contribution in [0.3, 0.4) is 0 Å². The van der Waals surface area contributed by atoms with E-state index in [1.54, 1.807) is 0 Å². The molecule has 60 valence electrons. The van der Waals surface area contributed by atoms with Crippen LogP contribution in [0.1, 0.15) is 0 Å². The number of carboxylic acid groups (broad SMARTS) is 1. The molecule has 0 unspecified atom stereocenters. The first-order chi connectivity index (χ1) is 5.09. The molecule has 1 fully saturated rings. The Morgan fingerprint density at radius 3 is 2.82 bits per heavy atom. The molecule has 1 aliphatic rings. The van der Waals surface area contributed by atoms with Crippen LogP contribution in [0.2, 0.25) is 0 Å². The van der Waals surface area contributed by atoms with Gasteiger partial charge in [-0.2, -0.15) is 0 Å². The van der Waals surface area contributed by atoms with E-state index in [1.165, 1.54) is 4.90 Å². The predicted molar refractivity (Wildman–Crippen MR) is 41.8 cm³/mol. The first-order valence-corrected chi connectivity index (χ1v) is 4.01. The van der Waals surface area contributed by atoms with E-state index in [9.17, 15) is 14.7 Å². The van der Waals surface area contributed by atoms with Crippen LogP contribution in [-0.4, -0.2) is 33.4 Å². The Labute approximate surface area is 72.6 Å². The molecular formula is C5H4NO3S2-. The molecule has 1 aliphatic heterocycles. The minimum atomic E-state index is -1.22. The lowest BCUT2D eigenvalue weighted by Crippen LogP contribution is -2.38. The highest BCUT2D eigenvalue weighted by molar-refractivity contribution is 8.33. The first kappa shape index (κ1) is 8.48. The normalized spacial score (nSPS) is 17.6. The summed E-state index contributed by atoms with van der Waals surface area (Å²) < 4.78 is 0.319. The van der Waals surface area contributed by atoms with Crippen molar-refractivity contribution in [3.63, 3.8) is 0 Å². The second-order valence-electron chi connectivity index (χ2n) is 1.97. The number of hydrogen-bond acceptors (Lipinski definition) is 5. The molecular weight excluding hydrogens is 186 g/mol. The molecule has 0 saturated carbocycles. The van der Waals surface area contributed by atoms with E-state index in [1.807, 2.05) is 0 Å². The van der Waals surface area contributed by atoms with Crippen molar-refractivity contribution in [2.24, 2.45) is 0 Å². The molecule has 0 N–H and O–H groups in total. The van der Waals surface area contributed by atoms with Crippen LogP contribution < -0.4 is 5.11 Å². The molecule has 0 aromatic rings. The Morgan fingerprint density at radius 2 is 2.45 bits per heavy atom. The van der Waals surface area contributed by atoms with Crippen LogP contribution in [0.15, 0.2) is 0 Å². The second kappa shape index (κ2) is 3.19. The third kappa shape index (κ3) is 2.16. The lowest BCUT2D eigenvalue weighted by Gasteiger charge is -2.15. The van der Waals surface area contributed by atoms with Gasteiger partial charge in [-0.3, -0.25) is 4.79 Å². The van der Waals surface area contributed by atoms with Crippen LogP contribution in [0.4, 0.5) is 0 Å². The van der Waals surface area contributed by atoms with Crippen molar-refractivity contribution in [2.45, 2.75) is 0 Å². The second-order valence-corrected chi connectivity index (χ2v) is 3.66. The Balaban J connectivity index is 2.53. The summed E-state index contributed by atoms with van der Waals surface area (Å²) in [5, 5.41) is 9.96. The van der Waals surface area contributed by atoms with Gasteiger partial charge in [0, 0.05) is 0 Å². The van der Waals surface area contributed by atoms with Crippen molar-refractivity contribution < 1.29 is 14.7 Å². The molecule has 0 amide bonds. The molecule has 1 heterocycles. The average molecular weight is 190 g/mol. The van der Waals surface area contributed by atoms with E-state index in [2.05, 4.69) is 0 Å². The molecule has 0 radical (unpaired) electrons. The summed E-state index contributed by atoms with van der Waals surface area (Å²) in [4.78, 5) is 22.0. The lowest BCUT2D eigenvalue weighted by atomic mass is 10.5. The zero-order valence-corrected chi connectivity index (χ0v) is 7.04. The Bertz CT molecular complexity index is 228. The molecule has 0 aromatic carbocycles. The summed E-state index contributed by atoms with van der Waals surface area (Å²) in [6.45, 7) is -0.213. The van der Waals surface area contributed by atoms with Gasteiger partial charge in [-0.1, -0.05) is 12.2 Å². The highest BCUT2D eigenvalue weighted by atomic mass is 32.2. The molecule has 0 aromatic heterocycles. The third-order valence-electron chi connectivity index (χ3n) is 1.10. The maximum Gasteiger partial charge on any atom is 0.215 e. The minimum absolute atomic E-state index is 0.0808. The van der Waals surface area contributed by atoms with Gasteiger partial charge in [0.15, 0.2) is 0 Å². The van der Waals surface area contributed by atoms with Crippen molar-refractivity contribution in [1.29, 1.82) is 0 Å². The molecule has 0 bridgehead atoms. The summed E-state index contributed by atoms with van der Waals surface area (Å²) in [6.07, 6.45) is 0. The van der Waals surface area contributed by atoms with Gasteiger partial charge in [-0.25, -0.2) is 0 Å². The van der Waals surface area contributed by atoms with E-state index in [0.717, 1.165) is 11.8 Å². The summed E-state index contributed by atoms with van der Waals surface area (Å²) in [5.74, 6) is -1.22. The van der Waals surface area contributed by atoms with E-state index < -0.39 is 5.97 Å². The number of hydrogen-bond donors (Lipinski definition) is 0. The molecule has 0 aliphatic carbocycles. The summed E-state index contributed by atoms with van der Waals surface area (Å²) in [6, 6.07) is 0. The smallest absolute Gasteiger partial charge is 0.215 e. The van der Waals surface area contributed by atoms with Crippen LogP contribution in [0, 0.1) is 0 Å². The zero-order chi connectivity index (χ0) is 8.43. The van der Waals surface area contributed by atoms with Crippen molar-refractivity contribution >= 4 is 39.4 Å². The van der Waals surface area contributed by atoms with E-state index >= 15 is 0 Å². The van der Waals surface area contributed by atoms with Crippen LogP contribution >= 0.6 is 24.0 Å². The molecule has 0 atom stereocenters. The number of rotatable bonds is 2. The van der Waals surface area contributed by atoms with Gasteiger partial charge >= 0.3 is 0 Å². The minimum Gasteiger partial charge on any atom is -0.548 e. The SMILES string of the molecule is O=C([O-])CN1CC(=O)SC1=S. The molecule has 11 heavy (non-hydrogen) atoms. The quantitative estimate of drug-likeness (QED) is 0.499. The summed E-state index contributed by atoms with van der Waals surface area (Å²) >= 11 is 5.61. The fourth-order valence-electron chi connectivity index (χ4n) is 0.691. The molecule has 4 nitrogen and oxygen atoms in total. The van der Waals surface area contributed by atoms with E-state index in [-0.39, 0.29) is 18.2 Å². The Hall–Kier alpha value is -0.620. The van der Waals surface area contributed by atoms with Gasteiger partial charge in [0.05, 0.1) is 19.1 Å². The fourth-order valence-corrected chi connectivity index (χ4v) is 1.77. The third-order valence-corrected chi connectivity index (χ3v) is 2.40. The molecule has 1 rings (SSSR count). The monoisotopic (exact) mass is 190 g/mol. The van der Waals surface area contributed by atoms with Crippen molar-refractivity contribution in [2.75, 3.05) is 13.1 Å². The van der Waals surface area contributed by atoms with Crippen molar-refractivity contribution in [1.82, 2.24) is 4.90 Å². The van der Waals surface area contributed by atoms with Gasteiger partial charge in [0.1, 0.15) is 4.32 Å². The number of aliphatic carboxylic acids is 1. The van der Waals surface area contributed by atoms with E-state index in [4.69, 9.17) is 12.2 Å². The average Bonchev–Trinajstić information content (AvgIpc) is 2.09. The first-order valence-electron chi connectivity index (χ1n) is 2.79. The highest BCUT2D eigenvalue weighted by Gasteiger charge is 2.24. The number of carbonyl (C=O) groups is 2. The highest BCUT2D eigenvalue weighted by Crippen LogP contribution is 2.18. The fraction of sp³-hybridized carbons (Fsp3) is 0.400. The molecule has 0 spiro atoms. The number of nitrogens with zero attached hydrogens (tertiary/aromatic N) is 1. The number of thioether (sulfide) groups is 1. The van der Waals surface area contributed by atoms with Gasteiger partial charge in [-0.05, 0) is 11.8 Å². The summed E-state index contributed by atoms with van der Waals surface area (Å²) in [7, 11) is 0. The predicted octanol–water partition coefficient (Wildman–Crippen LogP) is -1.40. The topological polar surface area (TPSA) is 60.4 Å². The number of carbonyl (C=O) groups excluding carboxylic acids is 2. The van der Waals surface area contributed by atoms with E-state index in [0.29, 0.717) is 4.32 Å². The van der Waals surface area contributed by atoms with Gasteiger partial charge in [0.2, 0.25) is 5.12 Å². The van der Waals surface area contributed by atoms with Crippen molar-refractivity contribution in [3.8, 4) is 0 Å². The lowest BCUT2D eigenvalue weighted by molar-refractivity contribution is -0.305. The summed E-state index contributed by atoms with van der Waals surface area (Å²) in [5.41, 5.74) is 0. The Kier molecular flexibility index (Phi) is 2.45. The van der Waals surface area contributed by atoms with Crippen LogP contribution in [-0.2, 0) is 9.59 Å². The molecule has 1 saturated heterocycles. The zero-order valence-electron chi connectivity index (χ0n) is 5.40. The van der Waals surface area contributed by atoms with Crippen molar-refractivity contribution in [3.05, 3.63) is 0 Å². The van der Waals surface area contributed by atoms with Gasteiger partial charge in [0.25, 0.3) is 0 Å². The maximum absolute atomic E-state index is 10.7.